The van der Waals surface area contributed by atoms with E-state index in [1.165, 1.54) is 43.6 Å². The molecule has 10 heteroatoms. The summed E-state index contributed by atoms with van der Waals surface area (Å²) in [5.74, 6) is -0.692. The molecule has 4 rings (SSSR count). The number of fused-ring (bicyclic) bond motifs is 1. The quantitative estimate of drug-likeness (QED) is 0.618. The zero-order chi connectivity index (χ0) is 22.4. The second kappa shape index (κ2) is 7.61. The smallest absolute Gasteiger partial charge is 0.326 e. The van der Waals surface area contributed by atoms with Crippen molar-refractivity contribution in [2.45, 2.75) is 23.4 Å². The predicted molar refractivity (Wildman–Crippen MR) is 109 cm³/mol. The third-order valence-corrected chi connectivity index (χ3v) is 6.78. The molecular weight excluding hydrogens is 431 g/mol. The van der Waals surface area contributed by atoms with Gasteiger partial charge in [-0.2, -0.15) is 13.2 Å². The van der Waals surface area contributed by atoms with Crippen LogP contribution in [-0.2, 0) is 21.0 Å². The number of halogens is 3. The van der Waals surface area contributed by atoms with E-state index in [9.17, 15) is 26.4 Å². The van der Waals surface area contributed by atoms with Gasteiger partial charge in [0, 0.05) is 29.4 Å². The highest BCUT2D eigenvalue weighted by Crippen LogP contribution is 2.48. The number of rotatable bonds is 5. The van der Waals surface area contributed by atoms with Crippen LogP contribution in [-0.4, -0.2) is 26.4 Å². The molecule has 1 heterocycles. The van der Waals surface area contributed by atoms with Crippen LogP contribution in [0.1, 0.15) is 23.5 Å². The molecule has 2 atom stereocenters. The molecule has 1 unspecified atom stereocenters. The molecule has 1 aliphatic carbocycles. The number of nitrogens with zero attached hydrogens (tertiary/aromatic N) is 1. The largest absolute Gasteiger partial charge is 0.418 e. The first kappa shape index (κ1) is 21.3. The van der Waals surface area contributed by atoms with E-state index >= 15 is 0 Å². The number of hydrogen-bond donors (Lipinski definition) is 2. The highest BCUT2D eigenvalue weighted by Gasteiger charge is 2.44. The summed E-state index contributed by atoms with van der Waals surface area (Å²) in [6.45, 7) is 0. The molecule has 1 aromatic heterocycles. The SMILES string of the molecule is CNS(=O)(=O)c1ccc(C2C[C@H]2C(=O)Nc2ccc3cncc(C(F)(F)F)c3c2)cc1. The van der Waals surface area contributed by atoms with Crippen LogP contribution in [0.4, 0.5) is 18.9 Å². The van der Waals surface area contributed by atoms with Crippen molar-refractivity contribution in [3.8, 4) is 0 Å². The van der Waals surface area contributed by atoms with Gasteiger partial charge in [0.1, 0.15) is 0 Å². The van der Waals surface area contributed by atoms with Gasteiger partial charge in [-0.05, 0) is 54.6 Å². The van der Waals surface area contributed by atoms with Crippen LogP contribution in [0, 0.1) is 5.92 Å². The number of nitrogens with one attached hydrogen (secondary N) is 2. The van der Waals surface area contributed by atoms with Crippen molar-refractivity contribution in [1.29, 1.82) is 0 Å². The summed E-state index contributed by atoms with van der Waals surface area (Å²) in [6, 6.07) is 10.6. The van der Waals surface area contributed by atoms with Crippen LogP contribution in [0.2, 0.25) is 0 Å². The number of aromatic nitrogens is 1. The number of anilines is 1. The van der Waals surface area contributed by atoms with E-state index in [1.807, 2.05) is 0 Å². The van der Waals surface area contributed by atoms with Crippen LogP contribution in [0.25, 0.3) is 10.8 Å². The number of hydrogen-bond acceptors (Lipinski definition) is 4. The van der Waals surface area contributed by atoms with Gasteiger partial charge in [0.25, 0.3) is 0 Å². The van der Waals surface area contributed by atoms with Crippen LogP contribution in [0.15, 0.2) is 59.8 Å². The van der Waals surface area contributed by atoms with Crippen molar-refractivity contribution in [1.82, 2.24) is 9.71 Å². The average molecular weight is 449 g/mol. The van der Waals surface area contributed by atoms with Gasteiger partial charge in [-0.1, -0.05) is 18.2 Å². The van der Waals surface area contributed by atoms with Gasteiger partial charge >= 0.3 is 6.18 Å². The van der Waals surface area contributed by atoms with Crippen LogP contribution < -0.4 is 10.0 Å². The zero-order valence-electron chi connectivity index (χ0n) is 16.3. The number of alkyl halides is 3. The Hall–Kier alpha value is -2.98. The number of amides is 1. The summed E-state index contributed by atoms with van der Waals surface area (Å²) in [6.07, 6.45) is -1.87. The molecule has 0 saturated heterocycles. The Morgan fingerprint density at radius 3 is 2.45 bits per heavy atom. The van der Waals surface area contributed by atoms with E-state index in [-0.39, 0.29) is 33.7 Å². The highest BCUT2D eigenvalue weighted by atomic mass is 32.2. The van der Waals surface area contributed by atoms with Crippen molar-refractivity contribution in [3.05, 3.63) is 66.0 Å². The number of carbonyl (C=O) groups is 1. The van der Waals surface area contributed by atoms with E-state index in [2.05, 4.69) is 15.0 Å². The molecule has 0 bridgehead atoms. The zero-order valence-corrected chi connectivity index (χ0v) is 17.1. The van der Waals surface area contributed by atoms with Gasteiger partial charge in [-0.25, -0.2) is 13.1 Å². The number of pyridine rings is 1. The van der Waals surface area contributed by atoms with Gasteiger partial charge in [0.2, 0.25) is 15.9 Å². The van der Waals surface area contributed by atoms with Crippen molar-refractivity contribution in [3.63, 3.8) is 0 Å². The number of carbonyl (C=O) groups excluding carboxylic acids is 1. The summed E-state index contributed by atoms with van der Waals surface area (Å²) < 4.78 is 65.6. The second-order valence-corrected chi connectivity index (χ2v) is 9.22. The van der Waals surface area contributed by atoms with Crippen LogP contribution >= 0.6 is 0 Å². The fourth-order valence-corrected chi connectivity index (χ4v) is 4.30. The van der Waals surface area contributed by atoms with E-state index < -0.39 is 21.8 Å². The van der Waals surface area contributed by atoms with Gasteiger partial charge in [0.05, 0.1) is 10.5 Å². The minimum Gasteiger partial charge on any atom is -0.326 e. The second-order valence-electron chi connectivity index (χ2n) is 7.34. The minimum atomic E-state index is -4.55. The molecule has 3 aromatic rings. The number of sulfonamides is 1. The molecule has 1 aliphatic rings. The summed E-state index contributed by atoms with van der Waals surface area (Å²) in [4.78, 5) is 16.4. The van der Waals surface area contributed by atoms with E-state index in [1.54, 1.807) is 12.1 Å². The predicted octanol–water partition coefficient (Wildman–Crippen LogP) is 3.90. The van der Waals surface area contributed by atoms with Gasteiger partial charge in [0.15, 0.2) is 0 Å². The molecule has 6 nitrogen and oxygen atoms in total. The van der Waals surface area contributed by atoms with Crippen LogP contribution in [0.5, 0.6) is 0 Å². The molecule has 0 spiro atoms. The molecule has 31 heavy (non-hydrogen) atoms. The lowest BCUT2D eigenvalue weighted by Crippen LogP contribution is -2.18. The first-order valence-corrected chi connectivity index (χ1v) is 10.9. The van der Waals surface area contributed by atoms with Crippen molar-refractivity contribution in [2.24, 2.45) is 5.92 Å². The van der Waals surface area contributed by atoms with Crippen LogP contribution in [0.3, 0.4) is 0 Å². The van der Waals surface area contributed by atoms with Crippen molar-refractivity contribution >= 4 is 32.4 Å². The molecule has 0 radical (unpaired) electrons. The standard InChI is InChI=1S/C21H18F3N3O3S/c1-25-31(29,30)15-6-3-12(4-7-15)16-9-18(16)20(28)27-14-5-2-13-10-26-11-19(17(13)8-14)21(22,23)24/h2-8,10-11,16,18,25H,9H2,1H3,(H,27,28)/t16?,18-/m1/s1. The molecule has 162 valence electrons. The molecule has 1 saturated carbocycles. The fourth-order valence-electron chi connectivity index (χ4n) is 3.57. The van der Waals surface area contributed by atoms with Crippen molar-refractivity contribution in [2.75, 3.05) is 12.4 Å². The lowest BCUT2D eigenvalue weighted by Gasteiger charge is -2.11. The monoisotopic (exact) mass is 449 g/mol. The average Bonchev–Trinajstić information content (AvgIpc) is 3.54. The summed E-state index contributed by atoms with van der Waals surface area (Å²) in [5, 5.41) is 2.98. The van der Waals surface area contributed by atoms with E-state index in [4.69, 9.17) is 0 Å². The molecule has 2 aromatic carbocycles. The maximum atomic E-state index is 13.2. The Morgan fingerprint density at radius 2 is 1.81 bits per heavy atom. The third-order valence-electron chi connectivity index (χ3n) is 5.35. The topological polar surface area (TPSA) is 88.2 Å². The molecule has 0 aliphatic heterocycles. The highest BCUT2D eigenvalue weighted by molar-refractivity contribution is 7.89. The Kier molecular flexibility index (Phi) is 5.22. The third kappa shape index (κ3) is 4.26. The Morgan fingerprint density at radius 1 is 1.10 bits per heavy atom. The fraction of sp³-hybridized carbons (Fsp3) is 0.238. The molecule has 2 N–H and O–H groups in total. The van der Waals surface area contributed by atoms with Gasteiger partial charge in [-0.15, -0.1) is 0 Å². The summed E-state index contributed by atoms with van der Waals surface area (Å²) in [7, 11) is -2.21. The first-order chi connectivity index (χ1) is 14.6. The van der Waals surface area contributed by atoms with Gasteiger partial charge in [-0.3, -0.25) is 9.78 Å². The molecule has 1 amide bonds. The van der Waals surface area contributed by atoms with Gasteiger partial charge < -0.3 is 5.32 Å². The lowest BCUT2D eigenvalue weighted by atomic mass is 10.1. The summed E-state index contributed by atoms with van der Waals surface area (Å²) >= 11 is 0. The van der Waals surface area contributed by atoms with E-state index in [0.717, 1.165) is 11.8 Å². The maximum absolute atomic E-state index is 13.2. The summed E-state index contributed by atoms with van der Waals surface area (Å²) in [5.41, 5.74) is 0.247. The Labute approximate surface area is 176 Å². The van der Waals surface area contributed by atoms with Crippen molar-refractivity contribution < 1.29 is 26.4 Å². The Bertz CT molecular complexity index is 1260. The minimum absolute atomic E-state index is 0.0334. The first-order valence-electron chi connectivity index (χ1n) is 9.39. The molecular formula is C21H18F3N3O3S. The maximum Gasteiger partial charge on any atom is 0.418 e. The van der Waals surface area contributed by atoms with E-state index in [0.29, 0.717) is 11.8 Å². The Balaban J connectivity index is 1.49. The normalized spacial score (nSPS) is 18.7. The number of benzene rings is 2. The molecule has 1 fully saturated rings. The lowest BCUT2D eigenvalue weighted by molar-refractivity contribution is -0.136.